The van der Waals surface area contributed by atoms with Crippen LogP contribution in [0.25, 0.3) is 0 Å². The molecule has 1 aromatic carbocycles. The van der Waals surface area contributed by atoms with E-state index in [-0.39, 0.29) is 5.75 Å². The zero-order valence-corrected chi connectivity index (χ0v) is 12.7. The van der Waals surface area contributed by atoms with Crippen molar-refractivity contribution in [3.05, 3.63) is 29.8 Å². The van der Waals surface area contributed by atoms with Crippen molar-refractivity contribution in [2.24, 2.45) is 0 Å². The monoisotopic (exact) mass is 298 g/mol. The topological polar surface area (TPSA) is 24.5 Å². The standard InChI is InChI=1S/C16H24F2N2O/c1-19-13-7-9-14(10-8-13)20(2)11-12-5-3-4-6-15(12)21-16(17)18/h3-6,13-14,16,19H,7-11H2,1-2H3. The minimum Gasteiger partial charge on any atom is -0.434 e. The normalized spacial score (nSPS) is 22.8. The summed E-state index contributed by atoms with van der Waals surface area (Å²) in [6.07, 6.45) is 4.61. The molecular formula is C16H24F2N2O. The molecule has 1 fully saturated rings. The molecule has 0 aromatic heterocycles. The van der Waals surface area contributed by atoms with Gasteiger partial charge in [-0.25, -0.2) is 0 Å². The van der Waals surface area contributed by atoms with Crippen LogP contribution in [0.5, 0.6) is 5.75 Å². The Morgan fingerprint density at radius 2 is 1.90 bits per heavy atom. The van der Waals surface area contributed by atoms with Crippen LogP contribution < -0.4 is 10.1 Å². The summed E-state index contributed by atoms with van der Waals surface area (Å²) < 4.78 is 29.5. The van der Waals surface area contributed by atoms with E-state index in [2.05, 4.69) is 22.0 Å². The van der Waals surface area contributed by atoms with E-state index in [1.54, 1.807) is 12.1 Å². The molecule has 21 heavy (non-hydrogen) atoms. The van der Waals surface area contributed by atoms with Crippen molar-refractivity contribution in [1.29, 1.82) is 0 Å². The quantitative estimate of drug-likeness (QED) is 0.872. The SMILES string of the molecule is CNC1CCC(N(C)Cc2ccccc2OC(F)F)CC1. The lowest BCUT2D eigenvalue weighted by Gasteiger charge is -2.34. The summed E-state index contributed by atoms with van der Waals surface area (Å²) in [6, 6.07) is 8.16. The van der Waals surface area contributed by atoms with E-state index in [0.29, 0.717) is 18.6 Å². The van der Waals surface area contributed by atoms with Crippen LogP contribution in [0.4, 0.5) is 8.78 Å². The summed E-state index contributed by atoms with van der Waals surface area (Å²) in [5.74, 6) is 0.281. The van der Waals surface area contributed by atoms with Crippen LogP contribution in [0.3, 0.4) is 0 Å². The molecule has 1 aliphatic carbocycles. The fourth-order valence-electron chi connectivity index (χ4n) is 3.05. The van der Waals surface area contributed by atoms with Gasteiger partial charge in [0.2, 0.25) is 0 Å². The molecule has 0 saturated heterocycles. The highest BCUT2D eigenvalue weighted by molar-refractivity contribution is 5.33. The maximum atomic E-state index is 12.4. The lowest BCUT2D eigenvalue weighted by molar-refractivity contribution is -0.0508. The molecule has 0 amide bonds. The third-order valence-electron chi connectivity index (χ3n) is 4.34. The van der Waals surface area contributed by atoms with Crippen molar-refractivity contribution in [3.63, 3.8) is 0 Å². The molecule has 0 heterocycles. The molecular weight excluding hydrogens is 274 g/mol. The number of benzene rings is 1. The van der Waals surface area contributed by atoms with Gasteiger partial charge in [-0.15, -0.1) is 0 Å². The van der Waals surface area contributed by atoms with Gasteiger partial charge in [-0.2, -0.15) is 8.78 Å². The Morgan fingerprint density at radius 3 is 2.52 bits per heavy atom. The van der Waals surface area contributed by atoms with Crippen molar-refractivity contribution in [2.75, 3.05) is 14.1 Å². The number of rotatable bonds is 6. The minimum absolute atomic E-state index is 0.281. The van der Waals surface area contributed by atoms with E-state index in [4.69, 9.17) is 0 Å². The second kappa shape index (κ2) is 7.71. The maximum absolute atomic E-state index is 12.4. The lowest BCUT2D eigenvalue weighted by Crippen LogP contribution is -2.39. The molecule has 1 N–H and O–H groups in total. The van der Waals surface area contributed by atoms with Gasteiger partial charge in [0.15, 0.2) is 0 Å². The van der Waals surface area contributed by atoms with Gasteiger partial charge in [-0.3, -0.25) is 4.90 Å². The van der Waals surface area contributed by atoms with E-state index in [9.17, 15) is 8.78 Å². The van der Waals surface area contributed by atoms with Crippen LogP contribution in [0.2, 0.25) is 0 Å². The van der Waals surface area contributed by atoms with Crippen LogP contribution >= 0.6 is 0 Å². The molecule has 0 aliphatic heterocycles. The van der Waals surface area contributed by atoms with Crippen molar-refractivity contribution < 1.29 is 13.5 Å². The number of nitrogens with one attached hydrogen (secondary N) is 1. The van der Waals surface area contributed by atoms with Crippen LogP contribution in [-0.2, 0) is 6.54 Å². The fourth-order valence-corrected chi connectivity index (χ4v) is 3.05. The number of para-hydroxylation sites is 1. The molecule has 1 aliphatic rings. The van der Waals surface area contributed by atoms with Crippen molar-refractivity contribution in [3.8, 4) is 5.75 Å². The molecule has 0 atom stereocenters. The molecule has 0 unspecified atom stereocenters. The Balaban J connectivity index is 1.95. The van der Waals surface area contributed by atoms with Crippen molar-refractivity contribution >= 4 is 0 Å². The highest BCUT2D eigenvalue weighted by Gasteiger charge is 2.23. The molecule has 118 valence electrons. The molecule has 1 aromatic rings. The molecule has 0 radical (unpaired) electrons. The van der Waals surface area contributed by atoms with Crippen LogP contribution in [0.15, 0.2) is 24.3 Å². The van der Waals surface area contributed by atoms with Gasteiger partial charge in [-0.05, 0) is 45.8 Å². The van der Waals surface area contributed by atoms with Gasteiger partial charge in [0.1, 0.15) is 5.75 Å². The fraction of sp³-hybridized carbons (Fsp3) is 0.625. The number of nitrogens with zero attached hydrogens (tertiary/aromatic N) is 1. The number of ether oxygens (including phenoxy) is 1. The van der Waals surface area contributed by atoms with Crippen LogP contribution in [-0.4, -0.2) is 37.7 Å². The number of hydrogen-bond donors (Lipinski definition) is 1. The van der Waals surface area contributed by atoms with Crippen LogP contribution in [0.1, 0.15) is 31.2 Å². The van der Waals surface area contributed by atoms with Gasteiger partial charge in [0.25, 0.3) is 0 Å². The van der Waals surface area contributed by atoms with E-state index < -0.39 is 6.61 Å². The largest absolute Gasteiger partial charge is 0.434 e. The van der Waals surface area contributed by atoms with Crippen LogP contribution in [0, 0.1) is 0 Å². The summed E-state index contributed by atoms with van der Waals surface area (Å²) in [5.41, 5.74) is 0.816. The lowest BCUT2D eigenvalue weighted by atomic mass is 9.90. The summed E-state index contributed by atoms with van der Waals surface area (Å²) in [4.78, 5) is 2.25. The molecule has 0 spiro atoms. The first-order chi connectivity index (χ1) is 10.1. The van der Waals surface area contributed by atoms with E-state index >= 15 is 0 Å². The average Bonchev–Trinajstić information content (AvgIpc) is 2.49. The van der Waals surface area contributed by atoms with Gasteiger partial charge in [0.05, 0.1) is 0 Å². The van der Waals surface area contributed by atoms with Gasteiger partial charge in [-0.1, -0.05) is 18.2 Å². The Hall–Kier alpha value is -1.20. The van der Waals surface area contributed by atoms with E-state index in [1.807, 2.05) is 19.2 Å². The summed E-state index contributed by atoms with van der Waals surface area (Å²) in [5, 5.41) is 3.32. The summed E-state index contributed by atoms with van der Waals surface area (Å²) in [6.45, 7) is -2.14. The van der Waals surface area contributed by atoms with E-state index in [0.717, 1.165) is 18.4 Å². The Labute approximate surface area is 125 Å². The number of alkyl halides is 2. The third kappa shape index (κ3) is 4.64. The van der Waals surface area contributed by atoms with Gasteiger partial charge in [0, 0.05) is 24.2 Å². The van der Waals surface area contributed by atoms with Crippen molar-refractivity contribution in [2.45, 2.75) is 50.9 Å². The second-order valence-electron chi connectivity index (χ2n) is 5.70. The van der Waals surface area contributed by atoms with Gasteiger partial charge < -0.3 is 10.1 Å². The van der Waals surface area contributed by atoms with Crippen molar-refractivity contribution in [1.82, 2.24) is 10.2 Å². The Morgan fingerprint density at radius 1 is 1.24 bits per heavy atom. The maximum Gasteiger partial charge on any atom is 0.387 e. The second-order valence-corrected chi connectivity index (χ2v) is 5.70. The van der Waals surface area contributed by atoms with E-state index in [1.165, 1.54) is 12.8 Å². The smallest absolute Gasteiger partial charge is 0.387 e. The highest BCUT2D eigenvalue weighted by atomic mass is 19.3. The molecule has 3 nitrogen and oxygen atoms in total. The Bertz CT molecular complexity index is 434. The minimum atomic E-state index is -2.78. The molecule has 0 bridgehead atoms. The summed E-state index contributed by atoms with van der Waals surface area (Å²) >= 11 is 0. The van der Waals surface area contributed by atoms with Gasteiger partial charge >= 0.3 is 6.61 Å². The molecule has 5 heteroatoms. The molecule has 1 saturated carbocycles. The first-order valence-electron chi connectivity index (χ1n) is 7.50. The highest BCUT2D eigenvalue weighted by Crippen LogP contribution is 2.26. The zero-order valence-electron chi connectivity index (χ0n) is 12.7. The number of halogens is 2. The number of hydrogen-bond acceptors (Lipinski definition) is 3. The summed E-state index contributed by atoms with van der Waals surface area (Å²) in [7, 11) is 4.07. The Kier molecular flexibility index (Phi) is 5.94. The average molecular weight is 298 g/mol. The first kappa shape index (κ1) is 16.2. The zero-order chi connectivity index (χ0) is 15.2. The predicted octanol–water partition coefficient (Wildman–Crippen LogP) is 3.25. The first-order valence-corrected chi connectivity index (χ1v) is 7.50. The predicted molar refractivity (Wildman–Crippen MR) is 79.6 cm³/mol. The molecule has 2 rings (SSSR count). The third-order valence-corrected chi connectivity index (χ3v) is 4.34.